The summed E-state index contributed by atoms with van der Waals surface area (Å²) in [5.41, 5.74) is 0. The van der Waals surface area contributed by atoms with Crippen molar-refractivity contribution in [3.8, 4) is 0 Å². The number of aromatic nitrogens is 1. The van der Waals surface area contributed by atoms with E-state index < -0.39 is 0 Å². The maximum atomic E-state index is 4.61. The molecule has 0 aliphatic carbocycles. The average molecular weight is 267 g/mol. The van der Waals surface area contributed by atoms with Gasteiger partial charge in [-0.15, -0.1) is 11.3 Å². The monoisotopic (exact) mass is 267 g/mol. The summed E-state index contributed by atoms with van der Waals surface area (Å²) in [6.07, 6.45) is 4.67. The Labute approximate surface area is 115 Å². The first-order chi connectivity index (χ1) is 8.56. The fraction of sp³-hybridized carbons (Fsp3) is 0.786. The molecule has 1 N–H and O–H groups in total. The van der Waals surface area contributed by atoms with E-state index >= 15 is 0 Å². The maximum absolute atomic E-state index is 4.61. The van der Waals surface area contributed by atoms with E-state index in [4.69, 9.17) is 0 Å². The summed E-state index contributed by atoms with van der Waals surface area (Å²) in [4.78, 5) is 8.43. The van der Waals surface area contributed by atoms with Gasteiger partial charge in [0, 0.05) is 36.2 Å². The van der Waals surface area contributed by atoms with Gasteiger partial charge in [-0.1, -0.05) is 20.8 Å². The molecule has 2 heterocycles. The second kappa shape index (κ2) is 6.02. The fourth-order valence-corrected chi connectivity index (χ4v) is 3.34. The highest BCUT2D eigenvalue weighted by Gasteiger charge is 2.24. The van der Waals surface area contributed by atoms with Gasteiger partial charge in [0.05, 0.1) is 0 Å². The van der Waals surface area contributed by atoms with E-state index in [1.165, 1.54) is 22.9 Å². The molecule has 0 bridgehead atoms. The van der Waals surface area contributed by atoms with Crippen molar-refractivity contribution in [3.05, 3.63) is 11.1 Å². The summed E-state index contributed by atoms with van der Waals surface area (Å²) in [5, 5.41) is 4.65. The minimum absolute atomic E-state index is 0.532. The van der Waals surface area contributed by atoms with Crippen molar-refractivity contribution in [3.63, 3.8) is 0 Å². The molecule has 18 heavy (non-hydrogen) atoms. The van der Waals surface area contributed by atoms with Crippen LogP contribution < -0.4 is 10.2 Å². The molecule has 0 saturated carbocycles. The van der Waals surface area contributed by atoms with Gasteiger partial charge in [-0.3, -0.25) is 0 Å². The van der Waals surface area contributed by atoms with Crippen LogP contribution in [0.15, 0.2) is 6.20 Å². The zero-order valence-corrected chi connectivity index (χ0v) is 12.8. The molecule has 1 aromatic heterocycles. The third-order valence-corrected chi connectivity index (χ3v) is 4.62. The second-order valence-electron chi connectivity index (χ2n) is 5.83. The van der Waals surface area contributed by atoms with Gasteiger partial charge in [-0.05, 0) is 25.7 Å². The number of thiazole rings is 1. The van der Waals surface area contributed by atoms with Gasteiger partial charge >= 0.3 is 0 Å². The van der Waals surface area contributed by atoms with Crippen LogP contribution in [-0.2, 0) is 6.54 Å². The molecule has 1 saturated heterocycles. The first kappa shape index (κ1) is 13.8. The van der Waals surface area contributed by atoms with Crippen LogP contribution in [-0.4, -0.2) is 23.6 Å². The van der Waals surface area contributed by atoms with Gasteiger partial charge in [0.2, 0.25) is 0 Å². The number of hydrogen-bond acceptors (Lipinski definition) is 4. The Balaban J connectivity index is 1.99. The number of hydrogen-bond donors (Lipinski definition) is 1. The Kier molecular flexibility index (Phi) is 4.62. The molecule has 2 atom stereocenters. The Hall–Kier alpha value is -0.610. The summed E-state index contributed by atoms with van der Waals surface area (Å²) in [6.45, 7) is 11.1. The van der Waals surface area contributed by atoms with E-state index in [2.05, 4.69) is 42.9 Å². The largest absolute Gasteiger partial charge is 0.345 e. The molecule has 1 aromatic rings. The fourth-order valence-electron chi connectivity index (χ4n) is 2.37. The van der Waals surface area contributed by atoms with Crippen LogP contribution in [0.4, 0.5) is 5.13 Å². The lowest BCUT2D eigenvalue weighted by atomic mass is 9.96. The van der Waals surface area contributed by atoms with Crippen LogP contribution in [0.25, 0.3) is 0 Å². The summed E-state index contributed by atoms with van der Waals surface area (Å²) >= 11 is 1.84. The average Bonchev–Trinajstić information content (AvgIpc) is 2.78. The lowest BCUT2D eigenvalue weighted by Crippen LogP contribution is -2.40. The van der Waals surface area contributed by atoms with Crippen LogP contribution in [0.1, 0.15) is 45.4 Å². The molecule has 2 unspecified atom stereocenters. The Morgan fingerprint density at radius 3 is 2.94 bits per heavy atom. The Bertz CT molecular complexity index is 375. The second-order valence-corrected chi connectivity index (χ2v) is 6.92. The zero-order chi connectivity index (χ0) is 13.1. The predicted octanol–water partition coefficient (Wildman–Crippen LogP) is 3.27. The number of piperidine rings is 1. The van der Waals surface area contributed by atoms with Crippen LogP contribution >= 0.6 is 11.3 Å². The topological polar surface area (TPSA) is 28.2 Å². The zero-order valence-electron chi connectivity index (χ0n) is 11.9. The quantitative estimate of drug-likeness (QED) is 0.907. The smallest absolute Gasteiger partial charge is 0.185 e. The van der Waals surface area contributed by atoms with Gasteiger partial charge in [-0.2, -0.15) is 0 Å². The molecular weight excluding hydrogens is 242 g/mol. The summed E-state index contributed by atoms with van der Waals surface area (Å²) in [5.74, 6) is 0.794. The third kappa shape index (κ3) is 3.45. The molecule has 1 aliphatic rings. The van der Waals surface area contributed by atoms with Crippen LogP contribution in [0.5, 0.6) is 0 Å². The van der Waals surface area contributed by atoms with Gasteiger partial charge in [0.25, 0.3) is 0 Å². The van der Waals surface area contributed by atoms with E-state index in [0.717, 1.165) is 19.0 Å². The van der Waals surface area contributed by atoms with E-state index in [1.807, 2.05) is 17.5 Å². The van der Waals surface area contributed by atoms with Gasteiger partial charge in [0.1, 0.15) is 0 Å². The van der Waals surface area contributed by atoms with Crippen molar-refractivity contribution in [2.45, 2.75) is 59.2 Å². The van der Waals surface area contributed by atoms with Crippen molar-refractivity contribution in [1.82, 2.24) is 10.3 Å². The van der Waals surface area contributed by atoms with E-state index in [0.29, 0.717) is 12.1 Å². The molecule has 102 valence electrons. The van der Waals surface area contributed by atoms with Crippen LogP contribution in [0.3, 0.4) is 0 Å². The normalized spacial score (nSPS) is 24.8. The number of nitrogens with zero attached hydrogens (tertiary/aromatic N) is 2. The lowest BCUT2D eigenvalue weighted by molar-refractivity contribution is 0.390. The summed E-state index contributed by atoms with van der Waals surface area (Å²) in [6, 6.07) is 1.17. The van der Waals surface area contributed by atoms with Crippen molar-refractivity contribution >= 4 is 16.5 Å². The predicted molar refractivity (Wildman–Crippen MR) is 79.3 cm³/mol. The summed E-state index contributed by atoms with van der Waals surface area (Å²) < 4.78 is 0. The SMILES string of the molecule is CC1CCC(C)N(c2ncc(CNC(C)C)s2)C1. The molecule has 0 spiro atoms. The third-order valence-electron chi connectivity index (χ3n) is 3.59. The minimum Gasteiger partial charge on any atom is -0.345 e. The first-order valence-electron chi connectivity index (χ1n) is 7.01. The molecule has 1 fully saturated rings. The summed E-state index contributed by atoms with van der Waals surface area (Å²) in [7, 11) is 0. The highest BCUT2D eigenvalue weighted by molar-refractivity contribution is 7.15. The molecule has 3 nitrogen and oxygen atoms in total. The highest BCUT2D eigenvalue weighted by Crippen LogP contribution is 2.30. The highest BCUT2D eigenvalue weighted by atomic mass is 32.1. The van der Waals surface area contributed by atoms with Gasteiger partial charge in [0.15, 0.2) is 5.13 Å². The van der Waals surface area contributed by atoms with Crippen molar-refractivity contribution < 1.29 is 0 Å². The number of nitrogens with one attached hydrogen (secondary N) is 1. The number of anilines is 1. The molecule has 1 aliphatic heterocycles. The van der Waals surface area contributed by atoms with E-state index in [9.17, 15) is 0 Å². The van der Waals surface area contributed by atoms with Gasteiger partial charge in [-0.25, -0.2) is 4.98 Å². The molecule has 4 heteroatoms. The molecule has 2 rings (SSSR count). The molecule has 0 aromatic carbocycles. The molecular formula is C14H25N3S. The standard InChI is InChI=1S/C14H25N3S/c1-10(2)15-7-13-8-16-14(18-13)17-9-11(3)5-6-12(17)4/h8,10-12,15H,5-7,9H2,1-4H3. The number of rotatable bonds is 4. The van der Waals surface area contributed by atoms with E-state index in [1.54, 1.807) is 0 Å². The van der Waals surface area contributed by atoms with Crippen LogP contribution in [0.2, 0.25) is 0 Å². The maximum Gasteiger partial charge on any atom is 0.185 e. The molecule has 0 radical (unpaired) electrons. The van der Waals surface area contributed by atoms with Gasteiger partial charge < -0.3 is 10.2 Å². The first-order valence-corrected chi connectivity index (χ1v) is 7.82. The Morgan fingerprint density at radius 2 is 2.22 bits per heavy atom. The lowest BCUT2D eigenvalue weighted by Gasteiger charge is -2.36. The molecule has 0 amide bonds. The van der Waals surface area contributed by atoms with Crippen molar-refractivity contribution in [2.75, 3.05) is 11.4 Å². The Morgan fingerprint density at radius 1 is 1.44 bits per heavy atom. The van der Waals surface area contributed by atoms with Crippen molar-refractivity contribution in [1.29, 1.82) is 0 Å². The minimum atomic E-state index is 0.532. The van der Waals surface area contributed by atoms with Crippen LogP contribution in [0, 0.1) is 5.92 Å². The van der Waals surface area contributed by atoms with Crippen molar-refractivity contribution in [2.24, 2.45) is 5.92 Å². The van der Waals surface area contributed by atoms with E-state index in [-0.39, 0.29) is 0 Å².